The van der Waals surface area contributed by atoms with E-state index < -0.39 is 0 Å². The van der Waals surface area contributed by atoms with Crippen molar-refractivity contribution < 1.29 is 19.1 Å². The molecule has 3 aromatic rings. The molecule has 6 nitrogen and oxygen atoms in total. The Morgan fingerprint density at radius 3 is 2.54 bits per heavy atom. The van der Waals surface area contributed by atoms with Gasteiger partial charge < -0.3 is 9.47 Å². The fraction of sp³-hybridized carbons (Fsp3) is 0.115. The molecule has 9 heteroatoms. The van der Waals surface area contributed by atoms with Gasteiger partial charge in [-0.05, 0) is 104 Å². The summed E-state index contributed by atoms with van der Waals surface area (Å²) in [6.07, 6.45) is 1.69. The molecular weight excluding hydrogens is 690 g/mol. The SMILES string of the molecule is COc1cc(/C=C2/SC(=O)N(Cc3ccc(I)cc3)C2=O)cc(I)c1OCc1ccccc1C#N. The van der Waals surface area contributed by atoms with Gasteiger partial charge in [-0.15, -0.1) is 0 Å². The minimum Gasteiger partial charge on any atom is -0.493 e. The smallest absolute Gasteiger partial charge is 0.293 e. The Hall–Kier alpha value is -2.56. The molecule has 0 radical (unpaired) electrons. The van der Waals surface area contributed by atoms with Crippen LogP contribution < -0.4 is 9.47 Å². The van der Waals surface area contributed by atoms with Crippen molar-refractivity contribution in [2.45, 2.75) is 13.2 Å². The predicted octanol–water partition coefficient (Wildman–Crippen LogP) is 6.59. The van der Waals surface area contributed by atoms with Crippen LogP contribution in [0.15, 0.2) is 65.6 Å². The molecule has 176 valence electrons. The number of methoxy groups -OCH3 is 1. The van der Waals surface area contributed by atoms with Crippen LogP contribution >= 0.6 is 56.9 Å². The topological polar surface area (TPSA) is 79.6 Å². The summed E-state index contributed by atoms with van der Waals surface area (Å²) in [5.41, 5.74) is 2.94. The lowest BCUT2D eigenvalue weighted by Crippen LogP contribution is -2.27. The van der Waals surface area contributed by atoms with E-state index >= 15 is 0 Å². The van der Waals surface area contributed by atoms with Crippen LogP contribution in [-0.4, -0.2) is 23.2 Å². The number of benzene rings is 3. The molecule has 35 heavy (non-hydrogen) atoms. The predicted molar refractivity (Wildman–Crippen MR) is 152 cm³/mol. The van der Waals surface area contributed by atoms with E-state index in [-0.39, 0.29) is 24.3 Å². The first-order valence-electron chi connectivity index (χ1n) is 10.4. The number of carbonyl (C=O) groups is 2. The van der Waals surface area contributed by atoms with Crippen molar-refractivity contribution in [1.82, 2.24) is 4.90 Å². The number of imide groups is 1. The van der Waals surface area contributed by atoms with Crippen LogP contribution in [0.4, 0.5) is 4.79 Å². The number of amides is 2. The maximum Gasteiger partial charge on any atom is 0.293 e. The fourth-order valence-corrected chi connectivity index (χ4v) is 5.41. The van der Waals surface area contributed by atoms with Gasteiger partial charge in [-0.3, -0.25) is 14.5 Å². The third-order valence-corrected chi connectivity index (χ3v) is 7.61. The van der Waals surface area contributed by atoms with Gasteiger partial charge >= 0.3 is 0 Å². The van der Waals surface area contributed by atoms with Gasteiger partial charge in [-0.25, -0.2) is 0 Å². The van der Waals surface area contributed by atoms with Crippen LogP contribution in [0.3, 0.4) is 0 Å². The van der Waals surface area contributed by atoms with E-state index in [0.717, 1.165) is 35.6 Å². The summed E-state index contributed by atoms with van der Waals surface area (Å²) < 4.78 is 13.4. The molecule has 0 N–H and O–H groups in total. The van der Waals surface area contributed by atoms with Gasteiger partial charge in [0.15, 0.2) is 11.5 Å². The molecule has 1 heterocycles. The van der Waals surface area contributed by atoms with Crippen LogP contribution in [0.25, 0.3) is 6.08 Å². The lowest BCUT2D eigenvalue weighted by molar-refractivity contribution is -0.123. The number of carbonyl (C=O) groups excluding carboxylic acids is 2. The van der Waals surface area contributed by atoms with Crippen molar-refractivity contribution in [2.75, 3.05) is 7.11 Å². The molecule has 0 unspecified atom stereocenters. The van der Waals surface area contributed by atoms with Crippen LogP contribution in [0, 0.1) is 18.5 Å². The molecule has 2 amide bonds. The molecule has 1 fully saturated rings. The molecule has 4 rings (SSSR count). The average molecular weight is 708 g/mol. The molecular formula is C26H18I2N2O4S. The summed E-state index contributed by atoms with van der Waals surface area (Å²) >= 11 is 5.28. The Morgan fingerprint density at radius 2 is 1.83 bits per heavy atom. The Bertz CT molecular complexity index is 1370. The van der Waals surface area contributed by atoms with Gasteiger partial charge in [-0.2, -0.15) is 5.26 Å². The van der Waals surface area contributed by atoms with Crippen molar-refractivity contribution in [2.24, 2.45) is 0 Å². The largest absolute Gasteiger partial charge is 0.493 e. The van der Waals surface area contributed by atoms with Gasteiger partial charge in [0.2, 0.25) is 0 Å². The highest BCUT2D eigenvalue weighted by Crippen LogP contribution is 2.38. The zero-order valence-corrected chi connectivity index (χ0v) is 23.6. The molecule has 0 bridgehead atoms. The Labute approximate surface area is 234 Å². The van der Waals surface area contributed by atoms with Crippen LogP contribution in [0.2, 0.25) is 0 Å². The highest BCUT2D eigenvalue weighted by Gasteiger charge is 2.35. The summed E-state index contributed by atoms with van der Waals surface area (Å²) in [5.74, 6) is 0.724. The third-order valence-electron chi connectivity index (χ3n) is 5.19. The van der Waals surface area contributed by atoms with Crippen molar-refractivity contribution >= 4 is 74.2 Å². The van der Waals surface area contributed by atoms with E-state index in [0.29, 0.717) is 22.0 Å². The van der Waals surface area contributed by atoms with Gasteiger partial charge in [-0.1, -0.05) is 30.3 Å². The summed E-state index contributed by atoms with van der Waals surface area (Å²) in [4.78, 5) is 27.1. The number of halogens is 2. The van der Waals surface area contributed by atoms with E-state index in [2.05, 4.69) is 51.3 Å². The molecule has 3 aromatic carbocycles. The third kappa shape index (κ3) is 5.99. The first kappa shape index (κ1) is 25.5. The number of ether oxygens (including phenoxy) is 2. The van der Waals surface area contributed by atoms with Crippen LogP contribution in [-0.2, 0) is 17.9 Å². The van der Waals surface area contributed by atoms with Gasteiger partial charge in [0.05, 0.1) is 33.8 Å². The lowest BCUT2D eigenvalue weighted by Gasteiger charge is -2.14. The van der Waals surface area contributed by atoms with E-state index in [4.69, 9.17) is 9.47 Å². The Balaban J connectivity index is 1.54. The minimum atomic E-state index is -0.319. The Morgan fingerprint density at radius 1 is 1.09 bits per heavy atom. The van der Waals surface area contributed by atoms with Gasteiger partial charge in [0.1, 0.15) is 6.61 Å². The summed E-state index contributed by atoms with van der Waals surface area (Å²) in [6.45, 7) is 0.448. The number of thioether (sulfide) groups is 1. The number of hydrogen-bond donors (Lipinski definition) is 0. The molecule has 0 aliphatic carbocycles. The fourth-order valence-electron chi connectivity index (χ4n) is 3.43. The van der Waals surface area contributed by atoms with Crippen molar-refractivity contribution in [3.63, 3.8) is 0 Å². The summed E-state index contributed by atoms with van der Waals surface area (Å²) in [7, 11) is 1.54. The number of hydrogen-bond acceptors (Lipinski definition) is 6. The average Bonchev–Trinajstić information content (AvgIpc) is 3.11. The monoisotopic (exact) mass is 708 g/mol. The summed E-state index contributed by atoms with van der Waals surface area (Å²) in [6, 6.07) is 20.8. The zero-order valence-electron chi connectivity index (χ0n) is 18.5. The standard InChI is InChI=1S/C26H18I2N2O4S/c1-33-22-11-17(10-21(28)24(22)34-15-19-5-3-2-4-18(19)13-29)12-23-25(31)30(26(32)35-23)14-16-6-8-20(27)9-7-16/h2-12H,14-15H2,1H3/b23-12+. The van der Waals surface area contributed by atoms with Crippen LogP contribution in [0.1, 0.15) is 22.3 Å². The van der Waals surface area contributed by atoms with E-state index in [1.807, 2.05) is 48.5 Å². The van der Waals surface area contributed by atoms with Gasteiger partial charge in [0, 0.05) is 9.13 Å². The number of nitrogens with zero attached hydrogens (tertiary/aromatic N) is 2. The Kier molecular flexibility index (Phi) is 8.35. The number of nitriles is 1. The zero-order chi connectivity index (χ0) is 24.9. The second kappa shape index (κ2) is 11.5. The lowest BCUT2D eigenvalue weighted by atomic mass is 10.1. The van der Waals surface area contributed by atoms with Gasteiger partial charge in [0.25, 0.3) is 11.1 Å². The summed E-state index contributed by atoms with van der Waals surface area (Å²) in [5, 5.41) is 9.01. The molecule has 1 aliphatic heterocycles. The number of rotatable bonds is 7. The quantitative estimate of drug-likeness (QED) is 0.204. The first-order valence-corrected chi connectivity index (χ1v) is 13.3. The highest BCUT2D eigenvalue weighted by molar-refractivity contribution is 14.1. The van der Waals surface area contributed by atoms with Crippen molar-refractivity contribution in [3.8, 4) is 17.6 Å². The normalized spacial score (nSPS) is 14.3. The van der Waals surface area contributed by atoms with Crippen LogP contribution in [0.5, 0.6) is 11.5 Å². The van der Waals surface area contributed by atoms with E-state index in [9.17, 15) is 14.9 Å². The maximum atomic E-state index is 12.9. The second-order valence-corrected chi connectivity index (χ2v) is 10.9. The molecule has 0 spiro atoms. The first-order chi connectivity index (χ1) is 16.9. The highest BCUT2D eigenvalue weighted by atomic mass is 127. The van der Waals surface area contributed by atoms with E-state index in [1.54, 1.807) is 25.3 Å². The second-order valence-electron chi connectivity index (χ2n) is 7.49. The van der Waals surface area contributed by atoms with Crippen molar-refractivity contribution in [3.05, 3.63) is 95.0 Å². The molecule has 1 saturated heterocycles. The van der Waals surface area contributed by atoms with Crippen molar-refractivity contribution in [1.29, 1.82) is 5.26 Å². The minimum absolute atomic E-state index is 0.215. The maximum absolute atomic E-state index is 12.9. The molecule has 0 atom stereocenters. The molecule has 1 aliphatic rings. The van der Waals surface area contributed by atoms with E-state index in [1.165, 1.54) is 4.90 Å². The molecule has 0 saturated carbocycles. The molecule has 0 aromatic heterocycles.